The van der Waals surface area contributed by atoms with E-state index in [0.717, 1.165) is 14.9 Å². The van der Waals surface area contributed by atoms with Gasteiger partial charge in [-0.05, 0) is 45.9 Å². The van der Waals surface area contributed by atoms with Crippen molar-refractivity contribution in [3.05, 3.63) is 44.7 Å². The minimum Gasteiger partial charge on any atom is -0.310 e. The largest absolute Gasteiger partial charge is 0.310 e. The van der Waals surface area contributed by atoms with Crippen LogP contribution >= 0.6 is 27.3 Å². The van der Waals surface area contributed by atoms with Crippen LogP contribution in [0.1, 0.15) is 10.4 Å². The van der Waals surface area contributed by atoms with Crippen LogP contribution < -0.4 is 5.32 Å². The Bertz CT molecular complexity index is 525. The molecule has 0 bridgehead atoms. The molecule has 0 aliphatic carbocycles. The van der Waals surface area contributed by atoms with Gasteiger partial charge in [-0.15, -0.1) is 11.3 Å². The molecule has 0 aliphatic heterocycles. The van der Waals surface area contributed by atoms with E-state index in [1.165, 1.54) is 0 Å². The van der Waals surface area contributed by atoms with Crippen LogP contribution in [0.3, 0.4) is 0 Å². The van der Waals surface area contributed by atoms with Crippen molar-refractivity contribution in [3.63, 3.8) is 0 Å². The first kappa shape index (κ1) is 12.3. The molecular weight excluding hydrogens is 300 g/mol. The van der Waals surface area contributed by atoms with Crippen molar-refractivity contribution in [3.8, 4) is 0 Å². The van der Waals surface area contributed by atoms with Crippen LogP contribution in [0, 0.1) is 6.92 Å². The zero-order valence-electron chi connectivity index (χ0n) is 9.24. The molecule has 3 nitrogen and oxygen atoms in total. The lowest BCUT2D eigenvalue weighted by Crippen LogP contribution is -2.15. The van der Waals surface area contributed by atoms with Crippen molar-refractivity contribution < 1.29 is 4.79 Å². The van der Waals surface area contributed by atoms with E-state index in [2.05, 4.69) is 26.2 Å². The summed E-state index contributed by atoms with van der Waals surface area (Å²) in [5, 5.41) is 4.78. The first-order valence-corrected chi connectivity index (χ1v) is 6.77. The maximum atomic E-state index is 11.8. The minimum absolute atomic E-state index is 0.0367. The van der Waals surface area contributed by atoms with Crippen molar-refractivity contribution in [1.29, 1.82) is 0 Å². The van der Waals surface area contributed by atoms with Gasteiger partial charge in [0.15, 0.2) is 0 Å². The summed E-state index contributed by atoms with van der Waals surface area (Å²) in [6, 6.07) is 5.82. The quantitative estimate of drug-likeness (QED) is 0.944. The van der Waals surface area contributed by atoms with Crippen LogP contribution in [0.2, 0.25) is 0 Å². The molecule has 0 radical (unpaired) electrons. The summed E-state index contributed by atoms with van der Waals surface area (Å²) < 4.78 is 0.909. The molecule has 1 amide bonds. The van der Waals surface area contributed by atoms with Crippen LogP contribution in [0.5, 0.6) is 0 Å². The molecule has 2 rings (SSSR count). The summed E-state index contributed by atoms with van der Waals surface area (Å²) in [5.41, 5.74) is 0.943. The van der Waals surface area contributed by atoms with Gasteiger partial charge in [0, 0.05) is 15.5 Å². The molecule has 1 N–H and O–H groups in total. The molecule has 0 atom stereocenters. The number of carbonyl (C=O) groups is 1. The number of aryl methyl sites for hydroxylation is 1. The number of pyridine rings is 1. The highest BCUT2D eigenvalue weighted by molar-refractivity contribution is 9.10. The summed E-state index contributed by atoms with van der Waals surface area (Å²) in [4.78, 5) is 17.0. The Labute approximate surface area is 112 Å². The maximum absolute atomic E-state index is 11.8. The van der Waals surface area contributed by atoms with E-state index in [-0.39, 0.29) is 5.91 Å². The Balaban J connectivity index is 2.03. The Morgan fingerprint density at radius 3 is 3.06 bits per heavy atom. The Kier molecular flexibility index (Phi) is 3.91. The van der Waals surface area contributed by atoms with E-state index >= 15 is 0 Å². The number of nitrogens with one attached hydrogen (secondary N) is 1. The summed E-state index contributed by atoms with van der Waals surface area (Å²) in [7, 11) is 0. The fourth-order valence-electron chi connectivity index (χ4n) is 1.42. The van der Waals surface area contributed by atoms with Gasteiger partial charge in [0.05, 0.1) is 6.42 Å². The predicted molar refractivity (Wildman–Crippen MR) is 73.3 cm³/mol. The predicted octanol–water partition coefficient (Wildman–Crippen LogP) is 3.40. The number of anilines is 1. The van der Waals surface area contributed by atoms with Gasteiger partial charge < -0.3 is 5.32 Å². The SMILES string of the molecule is Cc1cc(Br)cnc1NC(=O)Cc1cccs1. The Morgan fingerprint density at radius 2 is 2.41 bits per heavy atom. The average Bonchev–Trinajstić information content (AvgIpc) is 2.75. The highest BCUT2D eigenvalue weighted by atomic mass is 79.9. The van der Waals surface area contributed by atoms with Crippen molar-refractivity contribution in [2.24, 2.45) is 0 Å². The van der Waals surface area contributed by atoms with Crippen molar-refractivity contribution in [1.82, 2.24) is 4.98 Å². The Morgan fingerprint density at radius 1 is 1.59 bits per heavy atom. The second kappa shape index (κ2) is 5.42. The molecule has 88 valence electrons. The Hall–Kier alpha value is -1.20. The smallest absolute Gasteiger partial charge is 0.230 e. The van der Waals surface area contributed by atoms with E-state index in [9.17, 15) is 4.79 Å². The summed E-state index contributed by atoms with van der Waals surface area (Å²) >= 11 is 4.92. The van der Waals surface area contributed by atoms with Gasteiger partial charge >= 0.3 is 0 Å². The van der Waals surface area contributed by atoms with Crippen LogP contribution in [-0.4, -0.2) is 10.9 Å². The lowest BCUT2D eigenvalue weighted by Gasteiger charge is -2.06. The molecule has 0 saturated heterocycles. The van der Waals surface area contributed by atoms with Crippen LogP contribution in [0.15, 0.2) is 34.2 Å². The topological polar surface area (TPSA) is 42.0 Å². The molecule has 0 spiro atoms. The molecule has 2 aromatic heterocycles. The van der Waals surface area contributed by atoms with Gasteiger partial charge in [-0.2, -0.15) is 0 Å². The number of nitrogens with zero attached hydrogens (tertiary/aromatic N) is 1. The normalized spacial score (nSPS) is 10.2. The summed E-state index contributed by atoms with van der Waals surface area (Å²) in [6.07, 6.45) is 2.07. The fourth-order valence-corrected chi connectivity index (χ4v) is 2.57. The van der Waals surface area contributed by atoms with E-state index in [1.807, 2.05) is 30.5 Å². The molecule has 0 fully saturated rings. The van der Waals surface area contributed by atoms with Gasteiger partial charge in [0.1, 0.15) is 5.82 Å². The number of aromatic nitrogens is 1. The standard InChI is InChI=1S/C12H11BrN2OS/c1-8-5-9(13)7-14-12(8)15-11(16)6-10-3-2-4-17-10/h2-5,7H,6H2,1H3,(H,14,15,16). The molecule has 2 heterocycles. The molecule has 0 unspecified atom stereocenters. The highest BCUT2D eigenvalue weighted by Crippen LogP contribution is 2.17. The zero-order valence-corrected chi connectivity index (χ0v) is 11.6. The first-order valence-electron chi connectivity index (χ1n) is 5.09. The summed E-state index contributed by atoms with van der Waals surface area (Å²) in [5.74, 6) is 0.583. The minimum atomic E-state index is -0.0367. The van der Waals surface area contributed by atoms with Gasteiger partial charge in [-0.25, -0.2) is 4.98 Å². The number of amides is 1. The fraction of sp³-hybridized carbons (Fsp3) is 0.167. The van der Waals surface area contributed by atoms with Crippen LogP contribution in [0.25, 0.3) is 0 Å². The van der Waals surface area contributed by atoms with Crippen molar-refractivity contribution in [2.75, 3.05) is 5.32 Å². The number of hydrogen-bond acceptors (Lipinski definition) is 3. The van der Waals surface area contributed by atoms with Gasteiger partial charge in [-0.1, -0.05) is 6.07 Å². The molecule has 0 aromatic carbocycles. The molecule has 2 aromatic rings. The molecule has 0 aliphatic rings. The summed E-state index contributed by atoms with van der Waals surface area (Å²) in [6.45, 7) is 1.92. The monoisotopic (exact) mass is 310 g/mol. The lowest BCUT2D eigenvalue weighted by molar-refractivity contribution is -0.115. The first-order chi connectivity index (χ1) is 8.15. The molecule has 0 saturated carbocycles. The second-order valence-corrected chi connectivity index (χ2v) is 5.57. The third-order valence-corrected chi connectivity index (χ3v) is 3.53. The van der Waals surface area contributed by atoms with Gasteiger partial charge in [0.2, 0.25) is 5.91 Å². The maximum Gasteiger partial charge on any atom is 0.230 e. The number of carbonyl (C=O) groups excluding carboxylic acids is 1. The second-order valence-electron chi connectivity index (χ2n) is 3.62. The number of thiophene rings is 1. The van der Waals surface area contributed by atoms with E-state index in [0.29, 0.717) is 12.2 Å². The molecule has 17 heavy (non-hydrogen) atoms. The van der Waals surface area contributed by atoms with E-state index < -0.39 is 0 Å². The van der Waals surface area contributed by atoms with Gasteiger partial charge in [-0.3, -0.25) is 4.79 Å². The average molecular weight is 311 g/mol. The van der Waals surface area contributed by atoms with E-state index in [4.69, 9.17) is 0 Å². The zero-order chi connectivity index (χ0) is 12.3. The number of rotatable bonds is 3. The van der Waals surface area contributed by atoms with Crippen LogP contribution in [-0.2, 0) is 11.2 Å². The third kappa shape index (κ3) is 3.38. The number of hydrogen-bond donors (Lipinski definition) is 1. The lowest BCUT2D eigenvalue weighted by atomic mass is 10.2. The van der Waals surface area contributed by atoms with Crippen LogP contribution in [0.4, 0.5) is 5.82 Å². The third-order valence-electron chi connectivity index (χ3n) is 2.22. The number of halogens is 1. The van der Waals surface area contributed by atoms with Crippen molar-refractivity contribution in [2.45, 2.75) is 13.3 Å². The van der Waals surface area contributed by atoms with Crippen molar-refractivity contribution >= 4 is 39.0 Å². The molecular formula is C12H11BrN2OS. The van der Waals surface area contributed by atoms with Gasteiger partial charge in [0.25, 0.3) is 0 Å². The molecule has 5 heteroatoms. The highest BCUT2D eigenvalue weighted by Gasteiger charge is 2.07. The van der Waals surface area contributed by atoms with E-state index in [1.54, 1.807) is 17.5 Å².